The number of nitrogens with zero attached hydrogens (tertiary/aromatic N) is 2. The molecule has 0 aliphatic rings. The van der Waals surface area contributed by atoms with Crippen LogP contribution in [0.15, 0.2) is 17.3 Å². The standard InChI is InChI=1S/C4H6IN2PS/c5-4(8)7-2-3(9)1-6-7/h1-2,4,9H,8H2. The van der Waals surface area contributed by atoms with Gasteiger partial charge >= 0.3 is 0 Å². The van der Waals surface area contributed by atoms with E-state index < -0.39 is 0 Å². The number of rotatable bonds is 1. The minimum Gasteiger partial charge on any atom is -0.255 e. The number of halogens is 1. The Morgan fingerprint density at radius 3 is 2.78 bits per heavy atom. The fourth-order valence-corrected chi connectivity index (χ4v) is 1.10. The maximum absolute atomic E-state index is 4.10. The van der Waals surface area contributed by atoms with Gasteiger partial charge in [-0.3, -0.25) is 4.68 Å². The predicted octanol–water partition coefficient (Wildman–Crippen LogP) is 1.94. The van der Waals surface area contributed by atoms with Gasteiger partial charge in [0.05, 0.1) is 6.20 Å². The first-order valence-electron chi connectivity index (χ1n) is 2.33. The molecule has 1 heterocycles. The van der Waals surface area contributed by atoms with Crippen LogP contribution in [0.3, 0.4) is 0 Å². The molecule has 1 aromatic rings. The molecule has 0 radical (unpaired) electrons. The molecule has 5 heteroatoms. The summed E-state index contributed by atoms with van der Waals surface area (Å²) in [4.78, 5) is 0.902. The summed E-state index contributed by atoms with van der Waals surface area (Å²) in [5, 5.41) is 4.03. The average molecular weight is 272 g/mol. The summed E-state index contributed by atoms with van der Waals surface area (Å²) in [6, 6.07) is 0. The van der Waals surface area contributed by atoms with Crippen LogP contribution in [0.25, 0.3) is 0 Å². The van der Waals surface area contributed by atoms with Crippen molar-refractivity contribution in [2.75, 3.05) is 0 Å². The normalized spacial score (nSPS) is 13.7. The van der Waals surface area contributed by atoms with Crippen LogP contribution in [0.5, 0.6) is 0 Å². The minimum absolute atomic E-state index is 0.323. The molecule has 9 heavy (non-hydrogen) atoms. The third-order valence-electron chi connectivity index (χ3n) is 0.841. The monoisotopic (exact) mass is 272 g/mol. The molecule has 0 spiro atoms. The van der Waals surface area contributed by atoms with Crippen molar-refractivity contribution in [2.45, 2.75) is 8.69 Å². The molecule has 2 nitrogen and oxygen atoms in total. The number of hydrogen-bond acceptors (Lipinski definition) is 2. The van der Waals surface area contributed by atoms with Gasteiger partial charge in [0.25, 0.3) is 0 Å². The molecule has 0 bridgehead atoms. The van der Waals surface area contributed by atoms with E-state index in [0.717, 1.165) is 4.90 Å². The third-order valence-corrected chi connectivity index (χ3v) is 1.95. The lowest BCUT2D eigenvalue weighted by atomic mass is 10.7. The minimum atomic E-state index is 0.323. The number of aromatic nitrogens is 2. The van der Waals surface area contributed by atoms with Gasteiger partial charge < -0.3 is 0 Å². The molecule has 0 saturated carbocycles. The molecule has 1 aromatic heterocycles. The quantitative estimate of drug-likeness (QED) is 0.358. The Morgan fingerprint density at radius 1 is 1.89 bits per heavy atom. The third kappa shape index (κ3) is 2.09. The molecule has 0 aliphatic carbocycles. The summed E-state index contributed by atoms with van der Waals surface area (Å²) in [5.41, 5.74) is 0. The molecule has 0 amide bonds. The fourth-order valence-electron chi connectivity index (χ4n) is 0.463. The van der Waals surface area contributed by atoms with E-state index in [1.807, 2.05) is 10.9 Å². The topological polar surface area (TPSA) is 17.8 Å². The Morgan fingerprint density at radius 2 is 2.56 bits per heavy atom. The van der Waals surface area contributed by atoms with E-state index in [0.29, 0.717) is 3.79 Å². The van der Waals surface area contributed by atoms with Crippen molar-refractivity contribution < 1.29 is 0 Å². The highest BCUT2D eigenvalue weighted by Gasteiger charge is 1.97. The molecule has 1 rings (SSSR count). The molecule has 0 aliphatic heterocycles. The van der Waals surface area contributed by atoms with Crippen molar-refractivity contribution in [3.05, 3.63) is 12.4 Å². The second kappa shape index (κ2) is 3.21. The molecule has 2 unspecified atom stereocenters. The summed E-state index contributed by atoms with van der Waals surface area (Å²) >= 11 is 6.35. The second-order valence-electron chi connectivity index (χ2n) is 1.55. The second-order valence-corrected chi connectivity index (χ2v) is 5.33. The van der Waals surface area contributed by atoms with Crippen LogP contribution >= 0.6 is 44.5 Å². The first kappa shape index (κ1) is 7.82. The van der Waals surface area contributed by atoms with Gasteiger partial charge in [-0.2, -0.15) is 5.10 Å². The molecule has 0 N–H and O–H groups in total. The summed E-state index contributed by atoms with van der Waals surface area (Å²) in [6.45, 7) is 0. The van der Waals surface area contributed by atoms with Crippen molar-refractivity contribution in [1.29, 1.82) is 0 Å². The Balaban J connectivity index is 2.85. The van der Waals surface area contributed by atoms with Crippen molar-refractivity contribution in [3.8, 4) is 0 Å². The van der Waals surface area contributed by atoms with Gasteiger partial charge in [-0.15, -0.1) is 21.9 Å². The molecular formula is C4H6IN2PS. The first-order valence-corrected chi connectivity index (χ1v) is 4.69. The lowest BCUT2D eigenvalue weighted by Crippen LogP contribution is -1.93. The highest BCUT2D eigenvalue weighted by molar-refractivity contribution is 14.1. The zero-order valence-corrected chi connectivity index (χ0v) is 8.74. The summed E-state index contributed by atoms with van der Waals surface area (Å²) in [7, 11) is 2.64. The van der Waals surface area contributed by atoms with Crippen molar-refractivity contribution in [2.24, 2.45) is 0 Å². The van der Waals surface area contributed by atoms with Crippen LogP contribution in [0.2, 0.25) is 0 Å². The average Bonchev–Trinajstić information content (AvgIpc) is 2.14. The van der Waals surface area contributed by atoms with Crippen molar-refractivity contribution in [3.63, 3.8) is 0 Å². The smallest absolute Gasteiger partial charge is 0.116 e. The predicted molar refractivity (Wildman–Crippen MR) is 52.2 cm³/mol. The number of hydrogen-bond donors (Lipinski definition) is 1. The van der Waals surface area contributed by atoms with E-state index in [2.05, 4.69) is 49.6 Å². The maximum atomic E-state index is 4.10. The molecule has 0 aromatic carbocycles. The van der Waals surface area contributed by atoms with Gasteiger partial charge in [-0.25, -0.2) is 0 Å². The maximum Gasteiger partial charge on any atom is 0.116 e. The van der Waals surface area contributed by atoms with Gasteiger partial charge in [0.2, 0.25) is 0 Å². The van der Waals surface area contributed by atoms with E-state index in [-0.39, 0.29) is 0 Å². The Bertz CT molecular complexity index is 200. The van der Waals surface area contributed by atoms with Gasteiger partial charge in [0, 0.05) is 11.1 Å². The van der Waals surface area contributed by atoms with Crippen LogP contribution in [-0.2, 0) is 0 Å². The molecular weight excluding hydrogens is 266 g/mol. The van der Waals surface area contributed by atoms with Crippen LogP contribution < -0.4 is 0 Å². The number of thiol groups is 1. The van der Waals surface area contributed by atoms with Crippen molar-refractivity contribution in [1.82, 2.24) is 9.78 Å². The zero-order chi connectivity index (χ0) is 6.85. The Labute approximate surface area is 75.2 Å². The molecule has 0 saturated heterocycles. The summed E-state index contributed by atoms with van der Waals surface area (Å²) in [5.74, 6) is 0. The van der Waals surface area contributed by atoms with Crippen LogP contribution in [0, 0.1) is 0 Å². The highest BCUT2D eigenvalue weighted by atomic mass is 127. The van der Waals surface area contributed by atoms with Gasteiger partial charge in [0.1, 0.15) is 3.79 Å². The van der Waals surface area contributed by atoms with Crippen LogP contribution in [-0.4, -0.2) is 9.78 Å². The number of alkyl halides is 1. The van der Waals surface area contributed by atoms with E-state index in [4.69, 9.17) is 0 Å². The van der Waals surface area contributed by atoms with E-state index in [1.165, 1.54) is 0 Å². The first-order chi connectivity index (χ1) is 4.20. The summed E-state index contributed by atoms with van der Waals surface area (Å²) < 4.78 is 2.15. The SMILES string of the molecule is PC(I)n1cc(S)cn1. The lowest BCUT2D eigenvalue weighted by molar-refractivity contribution is 0.754. The van der Waals surface area contributed by atoms with E-state index >= 15 is 0 Å². The molecule has 50 valence electrons. The van der Waals surface area contributed by atoms with Gasteiger partial charge in [-0.1, -0.05) is 22.6 Å². The largest absolute Gasteiger partial charge is 0.255 e. The van der Waals surface area contributed by atoms with Gasteiger partial charge in [-0.05, 0) is 0 Å². The Kier molecular flexibility index (Phi) is 2.79. The van der Waals surface area contributed by atoms with Crippen LogP contribution in [0.4, 0.5) is 0 Å². The fraction of sp³-hybridized carbons (Fsp3) is 0.250. The zero-order valence-electron chi connectivity index (χ0n) is 4.53. The van der Waals surface area contributed by atoms with Crippen LogP contribution in [0.1, 0.15) is 3.79 Å². The highest BCUT2D eigenvalue weighted by Crippen LogP contribution is 2.22. The molecule has 0 fully saturated rings. The lowest BCUT2D eigenvalue weighted by Gasteiger charge is -1.99. The van der Waals surface area contributed by atoms with Crippen molar-refractivity contribution >= 4 is 44.5 Å². The van der Waals surface area contributed by atoms with Gasteiger partial charge in [0.15, 0.2) is 0 Å². The van der Waals surface area contributed by atoms with E-state index in [9.17, 15) is 0 Å². The molecule has 2 atom stereocenters. The Hall–Kier alpha value is 0.720. The van der Waals surface area contributed by atoms with E-state index in [1.54, 1.807) is 6.20 Å². The summed E-state index contributed by atoms with van der Waals surface area (Å²) in [6.07, 6.45) is 3.60.